The van der Waals surface area contributed by atoms with E-state index in [2.05, 4.69) is 26.2 Å². The van der Waals surface area contributed by atoms with Gasteiger partial charge in [-0.15, -0.1) is 24.8 Å². The van der Waals surface area contributed by atoms with Crippen molar-refractivity contribution in [3.05, 3.63) is 22.8 Å². The third-order valence-corrected chi connectivity index (χ3v) is 4.19. The summed E-state index contributed by atoms with van der Waals surface area (Å²) in [6.07, 6.45) is 4.43. The van der Waals surface area contributed by atoms with Crippen LogP contribution in [0.25, 0.3) is 0 Å². The number of hydrogen-bond acceptors (Lipinski definition) is 4. The number of pyridine rings is 1. The summed E-state index contributed by atoms with van der Waals surface area (Å²) in [7, 11) is 0. The number of carbonyl (C=O) groups is 2. The van der Waals surface area contributed by atoms with Crippen LogP contribution < -0.4 is 11.1 Å². The molecule has 1 aromatic rings. The zero-order valence-electron chi connectivity index (χ0n) is 13.2. The van der Waals surface area contributed by atoms with Gasteiger partial charge in [0.2, 0.25) is 11.8 Å². The number of nitrogens with one attached hydrogen (secondary N) is 1. The topological polar surface area (TPSA) is 88.3 Å². The first-order valence-corrected chi connectivity index (χ1v) is 8.29. The van der Waals surface area contributed by atoms with E-state index in [4.69, 9.17) is 5.73 Å². The molecule has 2 rings (SSSR count). The van der Waals surface area contributed by atoms with Crippen LogP contribution >= 0.6 is 40.7 Å². The van der Waals surface area contributed by atoms with Crippen LogP contribution in [-0.2, 0) is 9.59 Å². The van der Waals surface area contributed by atoms with Crippen molar-refractivity contribution in [2.75, 3.05) is 25.0 Å². The van der Waals surface area contributed by atoms with Gasteiger partial charge in [-0.05, 0) is 53.9 Å². The van der Waals surface area contributed by atoms with Crippen LogP contribution in [0.1, 0.15) is 25.7 Å². The van der Waals surface area contributed by atoms with E-state index in [1.807, 2.05) is 6.07 Å². The van der Waals surface area contributed by atoms with Crippen LogP contribution in [-0.4, -0.2) is 41.3 Å². The molecule has 6 nitrogen and oxygen atoms in total. The summed E-state index contributed by atoms with van der Waals surface area (Å²) in [6, 6.07) is 3.57. The lowest BCUT2D eigenvalue weighted by molar-refractivity contribution is -0.134. The van der Waals surface area contributed by atoms with E-state index < -0.39 is 0 Å². The molecule has 1 aromatic heterocycles. The van der Waals surface area contributed by atoms with Crippen LogP contribution in [0.4, 0.5) is 5.82 Å². The fourth-order valence-corrected chi connectivity index (χ4v) is 2.74. The molecule has 1 saturated heterocycles. The van der Waals surface area contributed by atoms with Crippen LogP contribution in [0.15, 0.2) is 22.8 Å². The number of rotatable bonds is 5. The summed E-state index contributed by atoms with van der Waals surface area (Å²) in [4.78, 5) is 30.3. The minimum atomic E-state index is -0.180. The van der Waals surface area contributed by atoms with E-state index in [9.17, 15) is 9.59 Å². The molecule has 24 heavy (non-hydrogen) atoms. The molecule has 0 bridgehead atoms. The van der Waals surface area contributed by atoms with Crippen molar-refractivity contribution < 1.29 is 9.59 Å². The Morgan fingerprint density at radius 3 is 2.75 bits per heavy atom. The molecule has 9 heteroatoms. The molecule has 0 saturated carbocycles. The molecule has 1 aliphatic heterocycles. The van der Waals surface area contributed by atoms with Gasteiger partial charge in [0, 0.05) is 30.2 Å². The Bertz CT molecular complexity index is 531. The predicted octanol–water partition coefficient (Wildman–Crippen LogP) is 2.60. The van der Waals surface area contributed by atoms with Crippen LogP contribution in [0.2, 0.25) is 0 Å². The van der Waals surface area contributed by atoms with Crippen molar-refractivity contribution in [3.63, 3.8) is 0 Å². The number of nitrogens with two attached hydrogens (primary N) is 1. The van der Waals surface area contributed by atoms with Crippen molar-refractivity contribution in [1.82, 2.24) is 9.88 Å². The van der Waals surface area contributed by atoms with Crippen molar-refractivity contribution >= 4 is 58.4 Å². The predicted molar refractivity (Wildman–Crippen MR) is 103 cm³/mol. The second-order valence-corrected chi connectivity index (χ2v) is 6.34. The number of piperidine rings is 1. The molecule has 1 aliphatic rings. The van der Waals surface area contributed by atoms with E-state index in [1.54, 1.807) is 17.2 Å². The van der Waals surface area contributed by atoms with Gasteiger partial charge in [0.15, 0.2) is 0 Å². The van der Waals surface area contributed by atoms with Crippen LogP contribution in [0.3, 0.4) is 0 Å². The molecule has 1 atom stereocenters. The highest BCUT2D eigenvalue weighted by Crippen LogP contribution is 2.19. The molecule has 2 heterocycles. The monoisotopic (exact) mass is 440 g/mol. The number of likely N-dealkylation sites (tertiary alicyclic amines) is 1. The van der Waals surface area contributed by atoms with E-state index in [-0.39, 0.29) is 42.5 Å². The second kappa shape index (κ2) is 11.6. The minimum Gasteiger partial charge on any atom is -0.342 e. The number of anilines is 1. The summed E-state index contributed by atoms with van der Waals surface area (Å²) >= 11 is 3.30. The van der Waals surface area contributed by atoms with Gasteiger partial charge in [-0.1, -0.05) is 0 Å². The maximum Gasteiger partial charge on any atom is 0.230 e. The number of carbonyl (C=O) groups excluding carboxylic acids is 2. The maximum absolute atomic E-state index is 12.3. The fourth-order valence-electron chi connectivity index (χ4n) is 2.51. The lowest BCUT2D eigenvalue weighted by Crippen LogP contribution is -2.43. The first-order chi connectivity index (χ1) is 10.6. The smallest absolute Gasteiger partial charge is 0.230 e. The summed E-state index contributed by atoms with van der Waals surface area (Å²) in [5.74, 6) is 0.358. The zero-order chi connectivity index (χ0) is 15.9. The highest BCUT2D eigenvalue weighted by atomic mass is 79.9. The first kappa shape index (κ1) is 23.1. The average Bonchev–Trinajstić information content (AvgIpc) is 2.54. The Morgan fingerprint density at radius 2 is 2.12 bits per heavy atom. The van der Waals surface area contributed by atoms with E-state index in [0.29, 0.717) is 31.7 Å². The van der Waals surface area contributed by atoms with Crippen molar-refractivity contribution in [3.8, 4) is 0 Å². The van der Waals surface area contributed by atoms with Gasteiger partial charge in [0.1, 0.15) is 5.82 Å². The number of aromatic nitrogens is 1. The SMILES string of the molecule is Cl.Cl.NCCCC(=O)N1CCCC(C(=O)Nc2ccc(Br)cn2)C1. The quantitative estimate of drug-likeness (QED) is 0.734. The zero-order valence-corrected chi connectivity index (χ0v) is 16.5. The molecule has 1 unspecified atom stereocenters. The number of nitrogens with zero attached hydrogens (tertiary/aromatic N) is 2. The minimum absolute atomic E-state index is 0. The van der Waals surface area contributed by atoms with Crippen molar-refractivity contribution in [2.24, 2.45) is 11.7 Å². The average molecular weight is 442 g/mol. The van der Waals surface area contributed by atoms with Crippen LogP contribution in [0, 0.1) is 5.92 Å². The number of halogens is 3. The Kier molecular flexibility index (Phi) is 11.2. The first-order valence-electron chi connectivity index (χ1n) is 7.50. The molecule has 0 radical (unpaired) electrons. The fraction of sp³-hybridized carbons (Fsp3) is 0.533. The van der Waals surface area contributed by atoms with Gasteiger partial charge in [-0.25, -0.2) is 4.98 Å². The molecular weight excluding hydrogens is 419 g/mol. The molecule has 136 valence electrons. The number of amides is 2. The lowest BCUT2D eigenvalue weighted by atomic mass is 9.96. The summed E-state index contributed by atoms with van der Waals surface area (Å²) < 4.78 is 0.861. The van der Waals surface area contributed by atoms with Gasteiger partial charge in [-0.3, -0.25) is 9.59 Å². The van der Waals surface area contributed by atoms with E-state index in [1.165, 1.54) is 0 Å². The van der Waals surface area contributed by atoms with Crippen molar-refractivity contribution in [1.29, 1.82) is 0 Å². The van der Waals surface area contributed by atoms with Gasteiger partial charge < -0.3 is 16.0 Å². The molecule has 0 spiro atoms. The van der Waals surface area contributed by atoms with Gasteiger partial charge >= 0.3 is 0 Å². The molecule has 2 amide bonds. The highest BCUT2D eigenvalue weighted by molar-refractivity contribution is 9.10. The molecule has 0 aromatic carbocycles. The third kappa shape index (κ3) is 6.93. The number of hydrogen-bond donors (Lipinski definition) is 2. The van der Waals surface area contributed by atoms with Crippen LogP contribution in [0.5, 0.6) is 0 Å². The Hall–Kier alpha value is -0.890. The summed E-state index contributed by atoms with van der Waals surface area (Å²) in [5.41, 5.74) is 5.43. The molecule has 0 aliphatic carbocycles. The van der Waals surface area contributed by atoms with Gasteiger partial charge in [-0.2, -0.15) is 0 Å². The Morgan fingerprint density at radius 1 is 1.38 bits per heavy atom. The third-order valence-electron chi connectivity index (χ3n) is 3.72. The normalized spacial score (nSPS) is 16.6. The van der Waals surface area contributed by atoms with E-state index >= 15 is 0 Å². The van der Waals surface area contributed by atoms with Crippen molar-refractivity contribution in [2.45, 2.75) is 25.7 Å². The molecule has 1 fully saturated rings. The maximum atomic E-state index is 12.3. The summed E-state index contributed by atoms with van der Waals surface area (Å²) in [6.45, 7) is 1.72. The summed E-state index contributed by atoms with van der Waals surface area (Å²) in [5, 5.41) is 2.81. The second-order valence-electron chi connectivity index (χ2n) is 5.42. The Labute approximate surface area is 162 Å². The molecule has 3 N–H and O–H groups in total. The van der Waals surface area contributed by atoms with Gasteiger partial charge in [0.05, 0.1) is 5.92 Å². The lowest BCUT2D eigenvalue weighted by Gasteiger charge is -2.32. The Balaban J connectivity index is 0.00000264. The standard InChI is InChI=1S/C15H21BrN4O2.2ClH/c16-12-5-6-13(18-9-12)19-15(22)11-3-2-8-20(10-11)14(21)4-1-7-17;;/h5-6,9,11H,1-4,7-8,10,17H2,(H,18,19,22);2*1H. The highest BCUT2D eigenvalue weighted by Gasteiger charge is 2.28. The van der Waals surface area contributed by atoms with E-state index in [0.717, 1.165) is 23.9 Å². The van der Waals surface area contributed by atoms with Gasteiger partial charge in [0.25, 0.3) is 0 Å². The largest absolute Gasteiger partial charge is 0.342 e. The molecular formula is C15H23BrCl2N4O2.